The topological polar surface area (TPSA) is 81.9 Å². The van der Waals surface area contributed by atoms with Crippen molar-refractivity contribution in [1.82, 2.24) is 4.90 Å². The minimum atomic E-state index is -0.615. The summed E-state index contributed by atoms with van der Waals surface area (Å²) in [6.07, 6.45) is 0.795. The summed E-state index contributed by atoms with van der Waals surface area (Å²) in [4.78, 5) is 25.6. The minimum Gasteiger partial charge on any atom is -0.467 e. The van der Waals surface area contributed by atoms with Crippen molar-refractivity contribution in [2.24, 2.45) is 11.7 Å². The maximum Gasteiger partial charge on any atom is 0.410 e. The first kappa shape index (κ1) is 16.3. The van der Waals surface area contributed by atoms with Gasteiger partial charge in [-0.1, -0.05) is 30.3 Å². The van der Waals surface area contributed by atoms with Crippen LogP contribution in [0.25, 0.3) is 0 Å². The first-order valence-corrected chi connectivity index (χ1v) is 7.41. The Morgan fingerprint density at radius 1 is 1.32 bits per heavy atom. The molecule has 22 heavy (non-hydrogen) atoms. The van der Waals surface area contributed by atoms with Crippen LogP contribution in [-0.2, 0) is 20.9 Å². The van der Waals surface area contributed by atoms with Crippen molar-refractivity contribution >= 4 is 12.1 Å². The maximum atomic E-state index is 12.3. The molecule has 0 radical (unpaired) electrons. The molecule has 6 heteroatoms. The van der Waals surface area contributed by atoms with Gasteiger partial charge in [-0.05, 0) is 30.9 Å². The SMILES string of the molecule is COC(=O)[C@@H]1C[C@H](CN)CCN1C(=O)OCc1ccccc1. The van der Waals surface area contributed by atoms with Crippen LogP contribution in [0.15, 0.2) is 30.3 Å². The fourth-order valence-electron chi connectivity index (χ4n) is 2.63. The number of carbonyl (C=O) groups is 2. The molecule has 0 aromatic heterocycles. The molecule has 0 aliphatic carbocycles. The highest BCUT2D eigenvalue weighted by Crippen LogP contribution is 2.24. The van der Waals surface area contributed by atoms with E-state index in [-0.39, 0.29) is 12.5 Å². The number of rotatable bonds is 4. The molecule has 0 spiro atoms. The summed E-state index contributed by atoms with van der Waals surface area (Å²) in [5.41, 5.74) is 6.58. The van der Waals surface area contributed by atoms with Crippen LogP contribution in [-0.4, -0.2) is 43.2 Å². The molecule has 0 bridgehead atoms. The summed E-state index contributed by atoms with van der Waals surface area (Å²) in [6, 6.07) is 8.81. The third kappa shape index (κ3) is 3.98. The molecule has 1 heterocycles. The molecular formula is C16H22N2O4. The summed E-state index contributed by atoms with van der Waals surface area (Å²) in [5, 5.41) is 0. The van der Waals surface area contributed by atoms with E-state index in [9.17, 15) is 9.59 Å². The Hall–Kier alpha value is -2.08. The van der Waals surface area contributed by atoms with Crippen LogP contribution < -0.4 is 5.73 Å². The Bertz CT molecular complexity index is 506. The number of hydrogen-bond donors (Lipinski definition) is 1. The second kappa shape index (κ2) is 7.79. The number of benzene rings is 1. The normalized spacial score (nSPS) is 21.3. The molecule has 2 N–H and O–H groups in total. The Morgan fingerprint density at radius 3 is 2.68 bits per heavy atom. The van der Waals surface area contributed by atoms with Crippen LogP contribution in [0.1, 0.15) is 18.4 Å². The third-order valence-corrected chi connectivity index (χ3v) is 3.96. The number of carbonyl (C=O) groups excluding carboxylic acids is 2. The second-order valence-electron chi connectivity index (χ2n) is 5.40. The molecule has 1 aromatic rings. The van der Waals surface area contributed by atoms with Gasteiger partial charge in [-0.2, -0.15) is 0 Å². The van der Waals surface area contributed by atoms with Gasteiger partial charge in [-0.3, -0.25) is 4.90 Å². The highest BCUT2D eigenvalue weighted by Gasteiger charge is 2.37. The summed E-state index contributed by atoms with van der Waals surface area (Å²) >= 11 is 0. The molecule has 1 aliphatic rings. The molecule has 1 aromatic carbocycles. The Balaban J connectivity index is 1.98. The number of ether oxygens (including phenoxy) is 2. The molecule has 0 unspecified atom stereocenters. The molecule has 6 nitrogen and oxygen atoms in total. The third-order valence-electron chi connectivity index (χ3n) is 3.96. The number of esters is 1. The average molecular weight is 306 g/mol. The molecule has 1 aliphatic heterocycles. The number of nitrogens with two attached hydrogens (primary N) is 1. The summed E-state index contributed by atoms with van der Waals surface area (Å²) < 4.78 is 10.1. The summed E-state index contributed by atoms with van der Waals surface area (Å²) in [5.74, 6) is -0.197. The zero-order valence-corrected chi connectivity index (χ0v) is 12.7. The van der Waals surface area contributed by atoms with E-state index in [2.05, 4.69) is 0 Å². The lowest BCUT2D eigenvalue weighted by atomic mass is 9.91. The van der Waals surface area contributed by atoms with E-state index in [4.69, 9.17) is 15.2 Å². The molecular weight excluding hydrogens is 284 g/mol. The molecule has 1 saturated heterocycles. The van der Waals surface area contributed by atoms with Gasteiger partial charge in [-0.25, -0.2) is 9.59 Å². The Labute approximate surface area is 130 Å². The lowest BCUT2D eigenvalue weighted by Gasteiger charge is -2.36. The van der Waals surface area contributed by atoms with E-state index >= 15 is 0 Å². The largest absolute Gasteiger partial charge is 0.467 e. The van der Waals surface area contributed by atoms with Gasteiger partial charge in [0.15, 0.2) is 0 Å². The van der Waals surface area contributed by atoms with E-state index in [0.29, 0.717) is 19.5 Å². The average Bonchev–Trinajstić information content (AvgIpc) is 2.59. The van der Waals surface area contributed by atoms with Crippen molar-refractivity contribution in [2.75, 3.05) is 20.2 Å². The van der Waals surface area contributed by atoms with Gasteiger partial charge < -0.3 is 15.2 Å². The predicted octanol–water partition coefficient (Wildman–Crippen LogP) is 1.54. The van der Waals surface area contributed by atoms with Gasteiger partial charge in [0.05, 0.1) is 7.11 Å². The molecule has 1 amide bonds. The predicted molar refractivity (Wildman–Crippen MR) is 80.9 cm³/mol. The van der Waals surface area contributed by atoms with Crippen LogP contribution in [0.2, 0.25) is 0 Å². The first-order valence-electron chi connectivity index (χ1n) is 7.41. The lowest BCUT2D eigenvalue weighted by molar-refractivity contribution is -0.148. The van der Waals surface area contributed by atoms with E-state index in [1.54, 1.807) is 0 Å². The lowest BCUT2D eigenvalue weighted by Crippen LogP contribution is -2.51. The highest BCUT2D eigenvalue weighted by molar-refractivity contribution is 5.81. The molecule has 1 fully saturated rings. The number of likely N-dealkylation sites (tertiary alicyclic amines) is 1. The number of methoxy groups -OCH3 is 1. The van der Waals surface area contributed by atoms with Crippen LogP contribution in [0.3, 0.4) is 0 Å². The van der Waals surface area contributed by atoms with Crippen molar-refractivity contribution < 1.29 is 19.1 Å². The quantitative estimate of drug-likeness (QED) is 0.853. The number of amides is 1. The van der Waals surface area contributed by atoms with E-state index < -0.39 is 18.1 Å². The molecule has 2 atom stereocenters. The number of nitrogens with zero attached hydrogens (tertiary/aromatic N) is 1. The van der Waals surface area contributed by atoms with Crippen molar-refractivity contribution in [3.63, 3.8) is 0 Å². The van der Waals surface area contributed by atoms with Crippen molar-refractivity contribution in [2.45, 2.75) is 25.5 Å². The molecule has 0 saturated carbocycles. The van der Waals surface area contributed by atoms with Crippen LogP contribution in [0, 0.1) is 5.92 Å². The second-order valence-corrected chi connectivity index (χ2v) is 5.40. The fourth-order valence-corrected chi connectivity index (χ4v) is 2.63. The highest BCUT2D eigenvalue weighted by atomic mass is 16.6. The molecule has 2 rings (SSSR count). The van der Waals surface area contributed by atoms with Gasteiger partial charge >= 0.3 is 12.1 Å². The monoisotopic (exact) mass is 306 g/mol. The van der Waals surface area contributed by atoms with E-state index in [1.165, 1.54) is 12.0 Å². The minimum absolute atomic E-state index is 0.185. The number of hydrogen-bond acceptors (Lipinski definition) is 5. The van der Waals surface area contributed by atoms with Crippen molar-refractivity contribution in [3.05, 3.63) is 35.9 Å². The van der Waals surface area contributed by atoms with E-state index in [0.717, 1.165) is 12.0 Å². The van der Waals surface area contributed by atoms with Gasteiger partial charge in [0.2, 0.25) is 0 Å². The first-order chi connectivity index (χ1) is 10.7. The number of piperidine rings is 1. The van der Waals surface area contributed by atoms with Crippen LogP contribution in [0.5, 0.6) is 0 Å². The van der Waals surface area contributed by atoms with Crippen LogP contribution >= 0.6 is 0 Å². The zero-order valence-electron chi connectivity index (χ0n) is 12.7. The zero-order chi connectivity index (χ0) is 15.9. The Kier molecular flexibility index (Phi) is 5.77. The van der Waals surface area contributed by atoms with Crippen molar-refractivity contribution in [3.8, 4) is 0 Å². The maximum absolute atomic E-state index is 12.3. The Morgan fingerprint density at radius 2 is 2.05 bits per heavy atom. The van der Waals surface area contributed by atoms with Gasteiger partial charge in [0, 0.05) is 6.54 Å². The summed E-state index contributed by atoms with van der Waals surface area (Å²) in [7, 11) is 1.32. The van der Waals surface area contributed by atoms with Crippen LogP contribution in [0.4, 0.5) is 4.79 Å². The van der Waals surface area contributed by atoms with Gasteiger partial charge in [-0.15, -0.1) is 0 Å². The standard InChI is InChI=1S/C16H22N2O4/c1-21-15(19)14-9-13(10-17)7-8-18(14)16(20)22-11-12-5-3-2-4-6-12/h2-6,13-14H,7-11,17H2,1H3/t13-,14+/m1/s1. The van der Waals surface area contributed by atoms with Gasteiger partial charge in [0.25, 0.3) is 0 Å². The van der Waals surface area contributed by atoms with Gasteiger partial charge in [0.1, 0.15) is 12.6 Å². The fraction of sp³-hybridized carbons (Fsp3) is 0.500. The van der Waals surface area contributed by atoms with E-state index in [1.807, 2.05) is 30.3 Å². The smallest absolute Gasteiger partial charge is 0.410 e. The van der Waals surface area contributed by atoms with Crippen molar-refractivity contribution in [1.29, 1.82) is 0 Å². The summed E-state index contributed by atoms with van der Waals surface area (Å²) in [6.45, 7) is 1.14. The molecule has 120 valence electrons.